The third-order valence-electron chi connectivity index (χ3n) is 1.34. The first-order valence-electron chi connectivity index (χ1n) is 5.09. The molecule has 0 aliphatic heterocycles. The van der Waals surface area contributed by atoms with E-state index in [0.29, 0.717) is 12.3 Å². The minimum Gasteiger partial charge on any atom is -0.444 e. The fourth-order valence-corrected chi connectivity index (χ4v) is 1.03. The van der Waals surface area contributed by atoms with Crippen LogP contribution in [0.5, 0.6) is 0 Å². The van der Waals surface area contributed by atoms with Crippen molar-refractivity contribution in [2.24, 2.45) is 4.99 Å². The number of aliphatic imine (C=N–C) groups is 1. The molecule has 1 N–H and O–H groups in total. The van der Waals surface area contributed by atoms with Gasteiger partial charge in [0.25, 0.3) is 0 Å². The number of allylic oxidation sites excluding steroid dienone is 1. The largest absolute Gasteiger partial charge is 0.444 e. The van der Waals surface area contributed by atoms with Crippen molar-refractivity contribution in [3.8, 4) is 12.3 Å². The van der Waals surface area contributed by atoms with Crippen LogP contribution >= 0.6 is 11.6 Å². The van der Waals surface area contributed by atoms with E-state index in [-0.39, 0.29) is 5.16 Å². The number of amides is 1. The maximum absolute atomic E-state index is 11.4. The van der Waals surface area contributed by atoms with E-state index >= 15 is 0 Å². The molecule has 17 heavy (non-hydrogen) atoms. The predicted octanol–water partition coefficient (Wildman–Crippen LogP) is 3.03. The predicted molar refractivity (Wildman–Crippen MR) is 69.9 cm³/mol. The van der Waals surface area contributed by atoms with E-state index in [9.17, 15) is 4.79 Å². The summed E-state index contributed by atoms with van der Waals surface area (Å²) in [5.74, 6) is 2.75. The maximum Gasteiger partial charge on any atom is 0.413 e. The number of alkyl carbamates (subject to hydrolysis) is 1. The van der Waals surface area contributed by atoms with Crippen molar-refractivity contribution in [1.82, 2.24) is 5.32 Å². The van der Waals surface area contributed by atoms with Crippen LogP contribution in [0.15, 0.2) is 16.2 Å². The van der Waals surface area contributed by atoms with Crippen LogP contribution < -0.4 is 5.32 Å². The molecule has 0 aromatic rings. The van der Waals surface area contributed by atoms with Gasteiger partial charge in [-0.2, -0.15) is 0 Å². The Bertz CT molecular complexity index is 373. The van der Waals surface area contributed by atoms with Gasteiger partial charge < -0.3 is 4.74 Å². The van der Waals surface area contributed by atoms with Crippen molar-refractivity contribution in [2.75, 3.05) is 0 Å². The molecular formula is C12H17ClN2O2. The third-order valence-corrected chi connectivity index (χ3v) is 1.58. The summed E-state index contributed by atoms with van der Waals surface area (Å²) in [5.41, 5.74) is -0.548. The number of halogens is 1. The topological polar surface area (TPSA) is 50.7 Å². The Morgan fingerprint density at radius 3 is 2.65 bits per heavy atom. The molecule has 1 amide bonds. The Labute approximate surface area is 107 Å². The molecule has 0 saturated carbocycles. The first-order chi connectivity index (χ1) is 7.74. The highest BCUT2D eigenvalue weighted by atomic mass is 35.5. The molecule has 0 aliphatic rings. The molecule has 0 spiro atoms. The second-order valence-corrected chi connectivity index (χ2v) is 4.65. The van der Waals surface area contributed by atoms with Crippen molar-refractivity contribution < 1.29 is 9.53 Å². The average Bonchev–Trinajstić information content (AvgIpc) is 2.10. The molecule has 5 heteroatoms. The summed E-state index contributed by atoms with van der Waals surface area (Å²) in [6.45, 7) is 6.94. The lowest BCUT2D eigenvalue weighted by Gasteiger charge is -2.19. The lowest BCUT2D eigenvalue weighted by atomic mass is 10.2. The summed E-state index contributed by atoms with van der Waals surface area (Å²) < 4.78 is 5.05. The third kappa shape index (κ3) is 9.46. The maximum atomic E-state index is 11.4. The van der Waals surface area contributed by atoms with Crippen molar-refractivity contribution in [3.05, 3.63) is 11.2 Å². The Kier molecular flexibility index (Phi) is 6.37. The quantitative estimate of drug-likeness (QED) is 0.357. The molecule has 0 fully saturated rings. The van der Waals surface area contributed by atoms with E-state index in [1.807, 2.05) is 0 Å². The first-order valence-corrected chi connectivity index (χ1v) is 5.47. The number of ether oxygens (including phenoxy) is 1. The molecule has 0 unspecified atom stereocenters. The van der Waals surface area contributed by atoms with Crippen molar-refractivity contribution in [3.63, 3.8) is 0 Å². The number of terminal acetylenes is 1. The van der Waals surface area contributed by atoms with Gasteiger partial charge in [-0.05, 0) is 33.8 Å². The van der Waals surface area contributed by atoms with E-state index in [2.05, 4.69) is 16.2 Å². The zero-order chi connectivity index (χ0) is 13.5. The number of rotatable bonds is 2. The molecule has 0 rings (SSSR count). The molecular weight excluding hydrogens is 240 g/mol. The van der Waals surface area contributed by atoms with Crippen LogP contribution in [0.1, 0.15) is 34.1 Å². The smallest absolute Gasteiger partial charge is 0.413 e. The fraction of sp³-hybridized carbons (Fsp3) is 0.500. The van der Waals surface area contributed by atoms with Gasteiger partial charge in [-0.15, -0.1) is 12.3 Å². The van der Waals surface area contributed by atoms with Gasteiger partial charge in [-0.25, -0.2) is 9.79 Å². The van der Waals surface area contributed by atoms with Gasteiger partial charge in [0.2, 0.25) is 0 Å². The van der Waals surface area contributed by atoms with Crippen molar-refractivity contribution in [2.45, 2.75) is 39.7 Å². The molecule has 0 bridgehead atoms. The van der Waals surface area contributed by atoms with E-state index in [1.165, 1.54) is 0 Å². The molecule has 0 radical (unpaired) electrons. The highest BCUT2D eigenvalue weighted by Crippen LogP contribution is 2.07. The lowest BCUT2D eigenvalue weighted by Crippen LogP contribution is -2.35. The molecule has 0 aromatic heterocycles. The second kappa shape index (κ2) is 6.97. The van der Waals surface area contributed by atoms with Gasteiger partial charge in [0.05, 0.1) is 0 Å². The molecule has 0 atom stereocenters. The van der Waals surface area contributed by atoms with Crippen LogP contribution in [0.3, 0.4) is 0 Å². The minimum atomic E-state index is -0.569. The highest BCUT2D eigenvalue weighted by Gasteiger charge is 2.16. The van der Waals surface area contributed by atoms with Crippen molar-refractivity contribution in [1.29, 1.82) is 0 Å². The van der Waals surface area contributed by atoms with Gasteiger partial charge in [0.1, 0.15) is 16.6 Å². The molecule has 0 saturated heterocycles. The second-order valence-electron chi connectivity index (χ2n) is 4.26. The zero-order valence-electron chi connectivity index (χ0n) is 10.5. The Morgan fingerprint density at radius 2 is 2.18 bits per heavy atom. The van der Waals surface area contributed by atoms with Crippen LogP contribution in [0.2, 0.25) is 0 Å². The monoisotopic (exact) mass is 256 g/mol. The fourth-order valence-electron chi connectivity index (χ4n) is 0.828. The van der Waals surface area contributed by atoms with E-state index in [4.69, 9.17) is 22.8 Å². The van der Waals surface area contributed by atoms with Crippen molar-refractivity contribution >= 4 is 23.5 Å². The number of nitrogens with one attached hydrogen (secondary N) is 1. The number of hydrogen-bond donors (Lipinski definition) is 1. The lowest BCUT2D eigenvalue weighted by molar-refractivity contribution is 0.0563. The van der Waals surface area contributed by atoms with E-state index in [1.54, 1.807) is 33.8 Å². The summed E-state index contributed by atoms with van der Waals surface area (Å²) >= 11 is 5.76. The van der Waals surface area contributed by atoms with Crippen LogP contribution in [0, 0.1) is 12.3 Å². The number of amidine groups is 1. The Balaban J connectivity index is 4.35. The highest BCUT2D eigenvalue weighted by molar-refractivity contribution is 6.30. The van der Waals surface area contributed by atoms with Gasteiger partial charge >= 0.3 is 6.09 Å². The number of hydrogen-bond acceptors (Lipinski definition) is 3. The average molecular weight is 257 g/mol. The van der Waals surface area contributed by atoms with E-state index < -0.39 is 11.7 Å². The van der Waals surface area contributed by atoms with Gasteiger partial charge in [0.15, 0.2) is 0 Å². The summed E-state index contributed by atoms with van der Waals surface area (Å²) in [7, 11) is 0. The summed E-state index contributed by atoms with van der Waals surface area (Å²) in [5, 5.41) is 2.69. The van der Waals surface area contributed by atoms with Crippen LogP contribution in [0.4, 0.5) is 4.79 Å². The number of carbonyl (C=O) groups is 1. The number of nitrogens with zero attached hydrogens (tertiary/aromatic N) is 1. The molecule has 4 nitrogen and oxygen atoms in total. The van der Waals surface area contributed by atoms with E-state index in [0.717, 1.165) is 0 Å². The minimum absolute atomic E-state index is 0.233. The van der Waals surface area contributed by atoms with Crippen LogP contribution in [-0.2, 0) is 4.74 Å². The Hall–Kier alpha value is -1.47. The normalized spacial score (nSPS) is 12.9. The molecule has 94 valence electrons. The Morgan fingerprint density at radius 1 is 1.59 bits per heavy atom. The van der Waals surface area contributed by atoms with Gasteiger partial charge in [-0.1, -0.05) is 11.6 Å². The molecule has 0 aromatic carbocycles. The zero-order valence-corrected chi connectivity index (χ0v) is 11.3. The van der Waals surface area contributed by atoms with Crippen LogP contribution in [-0.4, -0.2) is 17.5 Å². The molecule has 0 aliphatic carbocycles. The standard InChI is InChI=1S/C12H17ClN2O2/c1-6-7-8-10(13)14-9(2)15-11(16)17-12(3,4)5/h1,8H,7H2,2-5H3,(H,14,15,16)/b10-8-. The SMILES string of the molecule is C#CC/C=C(/Cl)N=C(C)NC(=O)OC(C)(C)C. The summed E-state index contributed by atoms with van der Waals surface area (Å²) in [6, 6.07) is 0. The van der Waals surface area contributed by atoms with Gasteiger partial charge in [-0.3, -0.25) is 5.32 Å². The van der Waals surface area contributed by atoms with Crippen LogP contribution in [0.25, 0.3) is 0 Å². The summed E-state index contributed by atoms with van der Waals surface area (Å²) in [4.78, 5) is 15.3. The first kappa shape index (κ1) is 15.5. The number of carbonyl (C=O) groups excluding carboxylic acids is 1. The summed E-state index contributed by atoms with van der Waals surface area (Å²) in [6.07, 6.45) is 6.46. The molecule has 0 heterocycles. The van der Waals surface area contributed by atoms with Gasteiger partial charge in [0, 0.05) is 6.42 Å².